The number of carbonyl (C=O) groups excluding carboxylic acids is 2. The van der Waals surface area contributed by atoms with Gasteiger partial charge in [-0.15, -0.1) is 5.48 Å². The van der Waals surface area contributed by atoms with E-state index < -0.39 is 38.3 Å². The second-order valence-electron chi connectivity index (χ2n) is 9.17. The molecule has 0 aromatic heterocycles. The normalized spacial score (nSPS) is 17.5. The van der Waals surface area contributed by atoms with Gasteiger partial charge in [0.05, 0.1) is 14.2 Å². The number of amides is 2. The van der Waals surface area contributed by atoms with Crippen molar-refractivity contribution < 1.29 is 24.6 Å². The molecule has 33 heavy (non-hydrogen) atoms. The molecule has 1 aliphatic rings. The van der Waals surface area contributed by atoms with Crippen LogP contribution in [-0.2, 0) is 14.4 Å². The third-order valence-corrected chi connectivity index (χ3v) is 7.58. The minimum Gasteiger partial charge on any atom is -0.400 e. The largest absolute Gasteiger partial charge is 0.400 e. The Labute approximate surface area is 194 Å². The summed E-state index contributed by atoms with van der Waals surface area (Å²) in [6, 6.07) is 13.7. The molecule has 0 aliphatic carbocycles. The fourth-order valence-electron chi connectivity index (χ4n) is 3.51. The number of aliphatic hydroxyl groups excluding tert-OH is 2. The Morgan fingerprint density at radius 2 is 1.64 bits per heavy atom. The van der Waals surface area contributed by atoms with Crippen molar-refractivity contribution in [3.63, 3.8) is 0 Å². The van der Waals surface area contributed by atoms with Gasteiger partial charge in [-0.3, -0.25) is 9.59 Å². The first-order valence-electron chi connectivity index (χ1n) is 10.8. The molecular formula is C24H31N3O5Si. The van der Waals surface area contributed by atoms with E-state index in [9.17, 15) is 19.8 Å². The molecule has 3 unspecified atom stereocenters. The quantitative estimate of drug-likeness (QED) is 0.463. The summed E-state index contributed by atoms with van der Waals surface area (Å²) in [4.78, 5) is 32.6. The van der Waals surface area contributed by atoms with Crippen LogP contribution in [0.5, 0.6) is 0 Å². The van der Waals surface area contributed by atoms with Gasteiger partial charge in [-0.2, -0.15) is 0 Å². The van der Waals surface area contributed by atoms with Gasteiger partial charge in [0, 0.05) is 18.8 Å². The molecule has 2 aromatic rings. The molecule has 8 nitrogen and oxygen atoms in total. The standard InChI is InChI=1S/C24H31N3O5Si/c1-15(28)16-6-8-17(9-7-16)22(27(2)24(31)20-14-21(29)26-32-20)23(30)25-18-10-12-19(13-11-18)33(3,4)5/h6-15,21-22,26,28-29H,1-5H3,(H,25,30). The number of hydrogen-bond acceptors (Lipinski definition) is 6. The molecule has 0 radical (unpaired) electrons. The average molecular weight is 470 g/mol. The van der Waals surface area contributed by atoms with E-state index in [0.717, 1.165) is 0 Å². The Morgan fingerprint density at radius 3 is 2.12 bits per heavy atom. The van der Waals surface area contributed by atoms with E-state index >= 15 is 0 Å². The van der Waals surface area contributed by atoms with Crippen LogP contribution in [0.15, 0.2) is 60.4 Å². The number of hydrogen-bond donors (Lipinski definition) is 4. The maximum Gasteiger partial charge on any atom is 0.292 e. The molecule has 0 saturated heterocycles. The molecule has 3 rings (SSSR count). The van der Waals surface area contributed by atoms with Crippen molar-refractivity contribution in [1.29, 1.82) is 0 Å². The van der Waals surface area contributed by atoms with Gasteiger partial charge in [0.15, 0.2) is 6.23 Å². The molecule has 0 bridgehead atoms. The topological polar surface area (TPSA) is 111 Å². The third-order valence-electron chi connectivity index (χ3n) is 5.52. The van der Waals surface area contributed by atoms with Crippen molar-refractivity contribution >= 4 is 30.8 Å². The second-order valence-corrected chi connectivity index (χ2v) is 14.3. The molecule has 2 aromatic carbocycles. The minimum atomic E-state index is -1.47. The highest BCUT2D eigenvalue weighted by Crippen LogP contribution is 2.26. The predicted octanol–water partition coefficient (Wildman–Crippen LogP) is 2.16. The number of carbonyl (C=O) groups is 2. The van der Waals surface area contributed by atoms with Crippen LogP contribution < -0.4 is 16.0 Å². The summed E-state index contributed by atoms with van der Waals surface area (Å²) in [6.07, 6.45) is -0.514. The molecule has 9 heteroatoms. The van der Waals surface area contributed by atoms with E-state index in [1.54, 1.807) is 31.2 Å². The molecule has 1 heterocycles. The average Bonchev–Trinajstić information content (AvgIpc) is 3.19. The van der Waals surface area contributed by atoms with Crippen LogP contribution in [0.2, 0.25) is 19.6 Å². The van der Waals surface area contributed by atoms with Crippen molar-refractivity contribution in [2.75, 3.05) is 12.4 Å². The number of likely N-dealkylation sites (N-methyl/N-ethyl adjacent to an activating group) is 1. The number of aliphatic hydroxyl groups is 2. The smallest absolute Gasteiger partial charge is 0.292 e. The number of hydroxylamine groups is 1. The first-order chi connectivity index (χ1) is 15.5. The molecule has 4 N–H and O–H groups in total. The van der Waals surface area contributed by atoms with Crippen molar-refractivity contribution in [1.82, 2.24) is 10.4 Å². The molecule has 1 aliphatic heterocycles. The Balaban J connectivity index is 1.89. The number of nitrogens with zero attached hydrogens (tertiary/aromatic N) is 1. The Bertz CT molecular complexity index is 1030. The van der Waals surface area contributed by atoms with E-state index in [-0.39, 0.29) is 5.76 Å². The lowest BCUT2D eigenvalue weighted by Crippen LogP contribution is -2.40. The van der Waals surface area contributed by atoms with Gasteiger partial charge in [0.25, 0.3) is 11.8 Å². The van der Waals surface area contributed by atoms with Crippen LogP contribution in [0.25, 0.3) is 0 Å². The zero-order valence-corrected chi connectivity index (χ0v) is 20.5. The summed E-state index contributed by atoms with van der Waals surface area (Å²) in [5, 5.41) is 23.5. The molecular weight excluding hydrogens is 438 g/mol. The Morgan fingerprint density at radius 1 is 1.06 bits per heavy atom. The van der Waals surface area contributed by atoms with Crippen LogP contribution in [0.1, 0.15) is 30.2 Å². The van der Waals surface area contributed by atoms with Gasteiger partial charge in [-0.05, 0) is 30.2 Å². The fourth-order valence-corrected chi connectivity index (χ4v) is 4.68. The van der Waals surface area contributed by atoms with E-state index in [0.29, 0.717) is 16.8 Å². The molecule has 3 atom stereocenters. The summed E-state index contributed by atoms with van der Waals surface area (Å²) < 4.78 is 0. The van der Waals surface area contributed by atoms with Crippen LogP contribution in [0.4, 0.5) is 5.69 Å². The monoisotopic (exact) mass is 469 g/mol. The van der Waals surface area contributed by atoms with E-state index in [2.05, 4.69) is 30.4 Å². The fraction of sp³-hybridized carbons (Fsp3) is 0.333. The Kier molecular flexibility index (Phi) is 7.38. The zero-order chi connectivity index (χ0) is 24.3. The summed E-state index contributed by atoms with van der Waals surface area (Å²) in [5.74, 6) is -1.06. The molecule has 0 saturated carbocycles. The van der Waals surface area contributed by atoms with E-state index in [1.165, 1.54) is 23.2 Å². The van der Waals surface area contributed by atoms with Crippen LogP contribution >= 0.6 is 0 Å². The van der Waals surface area contributed by atoms with Gasteiger partial charge in [-0.25, -0.2) is 0 Å². The first kappa shape index (κ1) is 24.7. The van der Waals surface area contributed by atoms with Crippen LogP contribution in [0.3, 0.4) is 0 Å². The number of benzene rings is 2. The molecule has 0 fully saturated rings. The highest BCUT2D eigenvalue weighted by Gasteiger charge is 2.33. The van der Waals surface area contributed by atoms with Crippen LogP contribution in [-0.4, -0.2) is 48.3 Å². The minimum absolute atomic E-state index is 0.0945. The maximum absolute atomic E-state index is 13.4. The summed E-state index contributed by atoms with van der Waals surface area (Å²) in [7, 11) is 0.0268. The molecule has 2 amide bonds. The lowest BCUT2D eigenvalue weighted by Gasteiger charge is -2.28. The van der Waals surface area contributed by atoms with E-state index in [4.69, 9.17) is 4.84 Å². The number of anilines is 1. The lowest BCUT2D eigenvalue weighted by atomic mass is 10.0. The van der Waals surface area contributed by atoms with Crippen molar-refractivity contribution in [2.45, 2.75) is 44.9 Å². The first-order valence-corrected chi connectivity index (χ1v) is 14.3. The number of rotatable bonds is 7. The predicted molar refractivity (Wildman–Crippen MR) is 129 cm³/mol. The highest BCUT2D eigenvalue weighted by atomic mass is 28.3. The lowest BCUT2D eigenvalue weighted by molar-refractivity contribution is -0.137. The van der Waals surface area contributed by atoms with Crippen molar-refractivity contribution in [3.8, 4) is 0 Å². The molecule has 176 valence electrons. The highest BCUT2D eigenvalue weighted by molar-refractivity contribution is 6.88. The maximum atomic E-state index is 13.4. The summed E-state index contributed by atoms with van der Waals surface area (Å²) >= 11 is 0. The summed E-state index contributed by atoms with van der Waals surface area (Å²) in [5.41, 5.74) is 4.17. The molecule has 0 spiro atoms. The Hall–Kier alpha value is -2.98. The second kappa shape index (κ2) is 9.88. The van der Waals surface area contributed by atoms with Crippen molar-refractivity contribution in [2.24, 2.45) is 0 Å². The third kappa shape index (κ3) is 5.88. The zero-order valence-electron chi connectivity index (χ0n) is 19.5. The number of nitrogens with one attached hydrogen (secondary N) is 2. The van der Waals surface area contributed by atoms with Gasteiger partial charge < -0.3 is 25.3 Å². The SMILES string of the molecule is CC(O)c1ccc(C(C(=O)Nc2ccc([Si](C)(C)C)cc2)N(C)C(=O)C2=CC(O)NO2)cc1. The van der Waals surface area contributed by atoms with Gasteiger partial charge in [0.2, 0.25) is 5.76 Å². The van der Waals surface area contributed by atoms with E-state index in [1.807, 2.05) is 24.3 Å². The van der Waals surface area contributed by atoms with Gasteiger partial charge in [-0.1, -0.05) is 61.2 Å². The van der Waals surface area contributed by atoms with Gasteiger partial charge >= 0.3 is 0 Å². The summed E-state index contributed by atoms with van der Waals surface area (Å²) in [6.45, 7) is 8.40. The van der Waals surface area contributed by atoms with Crippen LogP contribution in [0, 0.1) is 0 Å². The van der Waals surface area contributed by atoms with Gasteiger partial charge in [0.1, 0.15) is 6.04 Å². The van der Waals surface area contributed by atoms with Crippen molar-refractivity contribution in [3.05, 3.63) is 71.5 Å².